The molecule has 44 heavy (non-hydrogen) atoms. The summed E-state index contributed by atoms with van der Waals surface area (Å²) < 4.78 is 27.0. The van der Waals surface area contributed by atoms with Gasteiger partial charge in [0.1, 0.15) is 11.2 Å². The van der Waals surface area contributed by atoms with E-state index in [1.165, 1.54) is 76.0 Å². The zero-order chi connectivity index (χ0) is 31.5. The van der Waals surface area contributed by atoms with Gasteiger partial charge in [-0.25, -0.2) is 13.9 Å². The number of hydrogen-bond acceptors (Lipinski definition) is 5. The fraction of sp³-hybridized carbons (Fsp3) is 0.611. The highest BCUT2D eigenvalue weighted by atomic mass is 32.2. The van der Waals surface area contributed by atoms with Crippen LogP contribution in [0, 0.1) is 18.8 Å². The molecule has 2 aromatic carbocycles. The van der Waals surface area contributed by atoms with E-state index in [-0.39, 0.29) is 0 Å². The molecule has 240 valence electrons. The summed E-state index contributed by atoms with van der Waals surface area (Å²) in [4.78, 5) is 25.6. The van der Waals surface area contributed by atoms with E-state index in [9.17, 15) is 23.8 Å². The van der Waals surface area contributed by atoms with Gasteiger partial charge in [-0.3, -0.25) is 4.79 Å². The Balaban J connectivity index is 1.76. The molecule has 2 saturated carbocycles. The maximum atomic E-state index is 13.7. The summed E-state index contributed by atoms with van der Waals surface area (Å²) in [6, 6.07) is 12.3. The van der Waals surface area contributed by atoms with E-state index in [1.54, 1.807) is 6.07 Å². The van der Waals surface area contributed by atoms with E-state index in [0.29, 0.717) is 48.0 Å². The van der Waals surface area contributed by atoms with Crippen LogP contribution in [-0.4, -0.2) is 35.0 Å². The lowest BCUT2D eigenvalue weighted by molar-refractivity contribution is -0.139. The van der Waals surface area contributed by atoms with Crippen LogP contribution in [0.2, 0.25) is 0 Å². The van der Waals surface area contributed by atoms with Crippen LogP contribution in [-0.2, 0) is 19.1 Å². The molecule has 1 atom stereocenters. The van der Waals surface area contributed by atoms with E-state index >= 15 is 0 Å². The molecule has 0 heterocycles. The Hall–Kier alpha value is -2.37. The number of nitrogens with one attached hydrogen (secondary N) is 1. The summed E-state index contributed by atoms with van der Waals surface area (Å²) in [6.07, 6.45) is 17.3. The molecule has 0 spiro atoms. The van der Waals surface area contributed by atoms with E-state index in [2.05, 4.69) is 5.32 Å². The number of carboxylic acid groups (broad SMARTS) is 1. The monoisotopic (exact) mass is 639 g/mol. The summed E-state index contributed by atoms with van der Waals surface area (Å²) in [7, 11) is -2.80. The van der Waals surface area contributed by atoms with Crippen molar-refractivity contribution in [2.24, 2.45) is 11.8 Å². The standard InChI is InChI=1S/C36H50NO5PS/c1-26-11-9-10-16-30(26)32-25-29(17-18-31(32)34(38)37-33(35(39)40)21-24-44-2)36(43(41)42,22-19-27-12-5-3-6-13-27)23-20-28-14-7-4-8-15-28/h9-11,16-18,25,27-28,33H,3-8,12-15,19-24H2,1-2H3,(H,37,38)(H,39,40). The van der Waals surface area contributed by atoms with Crippen LogP contribution in [0.15, 0.2) is 42.5 Å². The second-order valence-corrected chi connectivity index (χ2v) is 15.5. The third-order valence-corrected chi connectivity index (χ3v) is 12.2. The molecule has 2 aromatic rings. The maximum Gasteiger partial charge on any atom is 0.326 e. The van der Waals surface area contributed by atoms with E-state index in [4.69, 9.17) is 0 Å². The van der Waals surface area contributed by atoms with Gasteiger partial charge in [0.2, 0.25) is 0 Å². The molecule has 2 N–H and O–H groups in total. The number of benzene rings is 2. The van der Waals surface area contributed by atoms with E-state index in [1.807, 2.05) is 49.6 Å². The highest BCUT2D eigenvalue weighted by Crippen LogP contribution is 2.51. The molecule has 8 heteroatoms. The maximum absolute atomic E-state index is 13.7. The highest BCUT2D eigenvalue weighted by molar-refractivity contribution is 7.98. The Morgan fingerprint density at radius 1 is 0.909 bits per heavy atom. The number of thioether (sulfide) groups is 1. The van der Waals surface area contributed by atoms with Crippen LogP contribution in [0.25, 0.3) is 11.1 Å². The van der Waals surface area contributed by atoms with Gasteiger partial charge in [0.25, 0.3) is 5.91 Å². The van der Waals surface area contributed by atoms with Crippen molar-refractivity contribution >= 4 is 31.3 Å². The predicted molar refractivity (Wildman–Crippen MR) is 180 cm³/mol. The van der Waals surface area contributed by atoms with Crippen LogP contribution < -0.4 is 5.32 Å². The van der Waals surface area contributed by atoms with Crippen molar-refractivity contribution in [3.63, 3.8) is 0 Å². The zero-order valence-corrected chi connectivity index (χ0v) is 28.2. The molecule has 2 fully saturated rings. The Morgan fingerprint density at radius 2 is 1.50 bits per heavy atom. The van der Waals surface area contributed by atoms with Crippen LogP contribution in [0.1, 0.15) is 118 Å². The lowest BCUT2D eigenvalue weighted by Crippen LogP contribution is -2.41. The van der Waals surface area contributed by atoms with Gasteiger partial charge in [-0.2, -0.15) is 11.8 Å². The van der Waals surface area contributed by atoms with Crippen LogP contribution in [0.5, 0.6) is 0 Å². The Bertz CT molecular complexity index is 1300. The van der Waals surface area contributed by atoms with Gasteiger partial charge in [-0.1, -0.05) is 94.5 Å². The van der Waals surface area contributed by atoms with Gasteiger partial charge in [0.05, 0.1) is 0 Å². The Kier molecular flexibility index (Phi) is 13.2. The van der Waals surface area contributed by atoms with E-state index < -0.39 is 30.8 Å². The lowest BCUT2D eigenvalue weighted by atomic mass is 9.77. The van der Waals surface area contributed by atoms with Crippen LogP contribution >= 0.6 is 19.4 Å². The normalized spacial score (nSPS) is 17.2. The molecular formula is C36H50NO5PS. The largest absolute Gasteiger partial charge is 0.480 e. The fourth-order valence-corrected chi connectivity index (χ4v) is 8.84. The first-order valence-electron chi connectivity index (χ1n) is 16.6. The minimum atomic E-state index is -2.80. The number of aliphatic carboxylic acids is 1. The molecule has 0 bridgehead atoms. The van der Waals surface area contributed by atoms with Crippen molar-refractivity contribution in [2.45, 2.75) is 114 Å². The SMILES string of the molecule is CSCCC(NC(=O)c1ccc(C(CCC2CCCCC2)(CCC2CCCCC2)P(=O)=O)cc1-c1ccccc1C)C(=O)O. The summed E-state index contributed by atoms with van der Waals surface area (Å²) >= 11 is 1.54. The quantitative estimate of drug-likeness (QED) is 0.188. The van der Waals surface area contributed by atoms with Crippen molar-refractivity contribution in [1.29, 1.82) is 0 Å². The molecule has 2 aliphatic carbocycles. The van der Waals surface area contributed by atoms with Crippen molar-refractivity contribution in [3.8, 4) is 11.1 Å². The van der Waals surface area contributed by atoms with Gasteiger partial charge in [-0.15, -0.1) is 0 Å². The summed E-state index contributed by atoms with van der Waals surface area (Å²) in [5, 5.41) is 11.5. The number of carbonyl (C=O) groups is 2. The number of hydrogen-bond donors (Lipinski definition) is 2. The topological polar surface area (TPSA) is 101 Å². The molecule has 1 unspecified atom stereocenters. The smallest absolute Gasteiger partial charge is 0.326 e. The summed E-state index contributed by atoms with van der Waals surface area (Å²) in [5.41, 5.74) is 3.60. The van der Waals surface area contributed by atoms with Crippen molar-refractivity contribution in [3.05, 3.63) is 59.2 Å². The van der Waals surface area contributed by atoms with Crippen LogP contribution in [0.3, 0.4) is 0 Å². The average Bonchev–Trinajstić information content (AvgIpc) is 3.04. The van der Waals surface area contributed by atoms with Crippen molar-refractivity contribution in [2.75, 3.05) is 12.0 Å². The minimum absolute atomic E-state index is 0.322. The number of rotatable bonds is 15. The van der Waals surface area contributed by atoms with Gasteiger partial charge < -0.3 is 10.4 Å². The van der Waals surface area contributed by atoms with Gasteiger partial charge in [0.15, 0.2) is 0 Å². The first-order chi connectivity index (χ1) is 21.2. The molecule has 0 aromatic heterocycles. The number of carbonyl (C=O) groups excluding carboxylic acids is 1. The minimum Gasteiger partial charge on any atom is -0.480 e. The van der Waals surface area contributed by atoms with E-state index in [0.717, 1.165) is 29.5 Å². The number of carboxylic acids is 1. The van der Waals surface area contributed by atoms with Crippen LogP contribution in [0.4, 0.5) is 0 Å². The Labute approximate surface area is 268 Å². The Morgan fingerprint density at radius 3 is 2.02 bits per heavy atom. The van der Waals surface area contributed by atoms with Gasteiger partial charge in [-0.05, 0) is 97.3 Å². The fourth-order valence-electron chi connectivity index (χ4n) is 7.40. The third-order valence-electron chi connectivity index (χ3n) is 10.2. The molecule has 1 amide bonds. The number of aryl methyl sites for hydroxylation is 1. The van der Waals surface area contributed by atoms with Crippen molar-refractivity contribution in [1.82, 2.24) is 5.32 Å². The number of amides is 1. The lowest BCUT2D eigenvalue weighted by Gasteiger charge is -2.33. The second-order valence-electron chi connectivity index (χ2n) is 13.1. The molecule has 6 nitrogen and oxygen atoms in total. The van der Waals surface area contributed by atoms with Gasteiger partial charge >= 0.3 is 13.6 Å². The van der Waals surface area contributed by atoms with Gasteiger partial charge in [0, 0.05) is 5.56 Å². The first-order valence-corrected chi connectivity index (χ1v) is 19.2. The molecule has 2 aliphatic rings. The molecule has 4 rings (SSSR count). The molecule has 0 saturated heterocycles. The molecule has 0 radical (unpaired) electrons. The third kappa shape index (κ3) is 8.88. The molecular weight excluding hydrogens is 589 g/mol. The highest BCUT2D eigenvalue weighted by Gasteiger charge is 2.40. The zero-order valence-electron chi connectivity index (χ0n) is 26.5. The van der Waals surface area contributed by atoms with Crippen molar-refractivity contribution < 1.29 is 23.8 Å². The predicted octanol–water partition coefficient (Wildman–Crippen LogP) is 9.69. The average molecular weight is 640 g/mol. The first kappa shape index (κ1) is 34.5. The molecule has 0 aliphatic heterocycles. The second kappa shape index (κ2) is 16.8. The summed E-state index contributed by atoms with van der Waals surface area (Å²) in [6.45, 7) is 1.98. The summed E-state index contributed by atoms with van der Waals surface area (Å²) in [5.74, 6) is 0.215.